The van der Waals surface area contributed by atoms with Crippen LogP contribution in [0.5, 0.6) is 0 Å². The van der Waals surface area contributed by atoms with Crippen molar-refractivity contribution in [3.8, 4) is 0 Å². The molecule has 206 valence electrons. The van der Waals surface area contributed by atoms with Gasteiger partial charge in [0.2, 0.25) is 0 Å². The Hall–Kier alpha value is -3.68. The predicted octanol–water partition coefficient (Wildman–Crippen LogP) is 6.08. The van der Waals surface area contributed by atoms with Crippen LogP contribution in [0.25, 0.3) is 0 Å². The van der Waals surface area contributed by atoms with E-state index in [4.69, 9.17) is 4.74 Å². The first kappa shape index (κ1) is 26.9. The highest BCUT2D eigenvalue weighted by Crippen LogP contribution is 2.38. The molecule has 8 nitrogen and oxygen atoms in total. The molecule has 1 aliphatic heterocycles. The Bertz CT molecular complexity index is 1190. The zero-order valence-electron chi connectivity index (χ0n) is 22.4. The van der Waals surface area contributed by atoms with E-state index in [9.17, 15) is 19.2 Å². The first-order valence-electron chi connectivity index (χ1n) is 14.3. The van der Waals surface area contributed by atoms with Gasteiger partial charge in [0, 0.05) is 12.0 Å². The second kappa shape index (κ2) is 12.5. The van der Waals surface area contributed by atoms with Crippen molar-refractivity contribution in [3.05, 3.63) is 60.2 Å². The highest BCUT2D eigenvalue weighted by atomic mass is 16.5. The number of benzene rings is 2. The fourth-order valence-corrected chi connectivity index (χ4v) is 6.06. The average molecular weight is 532 g/mol. The lowest BCUT2D eigenvalue weighted by molar-refractivity contribution is -0.145. The molecule has 0 spiro atoms. The molecule has 5 rings (SSSR count). The maximum Gasteiger partial charge on any atom is 0.333 e. The lowest BCUT2D eigenvalue weighted by Crippen LogP contribution is -2.54. The van der Waals surface area contributed by atoms with Crippen molar-refractivity contribution in [2.75, 3.05) is 22.9 Å². The second-order valence-electron chi connectivity index (χ2n) is 10.8. The number of hydrogen-bond acceptors (Lipinski definition) is 5. The smallest absolute Gasteiger partial charge is 0.333 e. The number of hydrogen-bond donors (Lipinski definition) is 0. The molecule has 1 heterocycles. The van der Waals surface area contributed by atoms with Crippen molar-refractivity contribution >= 4 is 35.2 Å². The number of amides is 4. The van der Waals surface area contributed by atoms with Gasteiger partial charge in [-0.1, -0.05) is 81.0 Å². The molecule has 2 fully saturated rings. The number of ketones is 1. The lowest BCUT2D eigenvalue weighted by atomic mass is 10.0. The fraction of sp³-hybridized carbons (Fsp3) is 0.484. The summed E-state index contributed by atoms with van der Waals surface area (Å²) in [6, 6.07) is 15.3. The number of ether oxygens (including phenoxy) is 1. The molecular weight excluding hydrogens is 494 g/mol. The number of rotatable bonds is 8. The number of esters is 1. The molecule has 0 bridgehead atoms. The number of imide groups is 1. The Morgan fingerprint density at radius 1 is 0.692 bits per heavy atom. The molecule has 8 heteroatoms. The van der Waals surface area contributed by atoms with Crippen LogP contribution in [0.15, 0.2) is 54.6 Å². The van der Waals surface area contributed by atoms with Crippen molar-refractivity contribution in [1.82, 2.24) is 4.90 Å². The van der Waals surface area contributed by atoms with Gasteiger partial charge in [0.05, 0.1) is 17.9 Å². The van der Waals surface area contributed by atoms with E-state index in [1.165, 1.54) is 4.90 Å². The van der Waals surface area contributed by atoms with E-state index < -0.39 is 24.6 Å². The molecular formula is C31H37N3O5. The molecule has 39 heavy (non-hydrogen) atoms. The zero-order valence-corrected chi connectivity index (χ0v) is 22.4. The number of fused-ring (bicyclic) bond motifs is 1. The summed E-state index contributed by atoms with van der Waals surface area (Å²) in [5, 5.41) is 0. The van der Waals surface area contributed by atoms with Gasteiger partial charge in [0.25, 0.3) is 0 Å². The lowest BCUT2D eigenvalue weighted by Gasteiger charge is -2.32. The van der Waals surface area contributed by atoms with Crippen molar-refractivity contribution in [3.63, 3.8) is 0 Å². The average Bonchev–Trinajstić information content (AvgIpc) is 3.35. The van der Waals surface area contributed by atoms with E-state index in [0.717, 1.165) is 74.7 Å². The van der Waals surface area contributed by atoms with Crippen LogP contribution in [0.1, 0.15) is 69.8 Å². The van der Waals surface area contributed by atoms with Crippen molar-refractivity contribution in [2.24, 2.45) is 5.92 Å². The van der Waals surface area contributed by atoms with Gasteiger partial charge in [-0.25, -0.2) is 14.5 Å². The first-order valence-corrected chi connectivity index (χ1v) is 14.3. The maximum absolute atomic E-state index is 14.1. The van der Waals surface area contributed by atoms with E-state index in [1.54, 1.807) is 11.0 Å². The molecule has 0 N–H and O–H groups in total. The molecule has 0 radical (unpaired) electrons. The van der Waals surface area contributed by atoms with Gasteiger partial charge in [-0.15, -0.1) is 0 Å². The Kier molecular flexibility index (Phi) is 8.59. The summed E-state index contributed by atoms with van der Waals surface area (Å²) < 4.78 is 5.45. The van der Waals surface area contributed by atoms with Crippen molar-refractivity contribution in [2.45, 2.75) is 76.9 Å². The van der Waals surface area contributed by atoms with Crippen LogP contribution in [-0.4, -0.2) is 47.8 Å². The summed E-state index contributed by atoms with van der Waals surface area (Å²) >= 11 is 0. The van der Waals surface area contributed by atoms with Crippen LogP contribution < -0.4 is 9.80 Å². The van der Waals surface area contributed by atoms with E-state index in [2.05, 4.69) is 0 Å². The monoisotopic (exact) mass is 531 g/mol. The molecule has 2 saturated carbocycles. The summed E-state index contributed by atoms with van der Waals surface area (Å²) in [4.78, 5) is 58.5. The van der Waals surface area contributed by atoms with Gasteiger partial charge in [0.1, 0.15) is 13.2 Å². The topological polar surface area (TPSA) is 87.2 Å². The molecule has 0 atom stereocenters. The minimum absolute atomic E-state index is 0.00220. The Morgan fingerprint density at radius 3 is 2.00 bits per heavy atom. The van der Waals surface area contributed by atoms with Crippen LogP contribution in [-0.2, 0) is 20.9 Å². The highest BCUT2D eigenvalue weighted by molar-refractivity contribution is 6.15. The van der Waals surface area contributed by atoms with Crippen LogP contribution in [0, 0.1) is 5.92 Å². The summed E-state index contributed by atoms with van der Waals surface area (Å²) in [6.45, 7) is -0.593. The number of urea groups is 2. The summed E-state index contributed by atoms with van der Waals surface area (Å²) in [7, 11) is 0. The summed E-state index contributed by atoms with van der Waals surface area (Å²) in [6.07, 6.45) is 9.51. The summed E-state index contributed by atoms with van der Waals surface area (Å²) in [5.41, 5.74) is 1.96. The van der Waals surface area contributed by atoms with E-state index >= 15 is 0 Å². The number of para-hydroxylation sites is 2. The Balaban J connectivity index is 1.46. The predicted molar refractivity (Wildman–Crippen MR) is 148 cm³/mol. The maximum atomic E-state index is 14.1. The number of Topliss-reactive ketones (excluding diaryl/α,β-unsaturated/α-hetero) is 1. The first-order chi connectivity index (χ1) is 19.0. The van der Waals surface area contributed by atoms with E-state index in [-0.39, 0.29) is 30.9 Å². The molecule has 2 aromatic rings. The molecule has 2 aromatic carbocycles. The van der Waals surface area contributed by atoms with Gasteiger partial charge < -0.3 is 4.74 Å². The van der Waals surface area contributed by atoms with Gasteiger partial charge in [0.15, 0.2) is 5.78 Å². The van der Waals surface area contributed by atoms with Crippen molar-refractivity contribution < 1.29 is 23.9 Å². The Labute approximate surface area is 229 Å². The molecule has 4 amide bonds. The van der Waals surface area contributed by atoms with Crippen LogP contribution >= 0.6 is 0 Å². The number of nitrogens with zero attached hydrogens (tertiary/aromatic N) is 3. The molecule has 0 unspecified atom stereocenters. The van der Waals surface area contributed by atoms with E-state index in [0.29, 0.717) is 11.4 Å². The van der Waals surface area contributed by atoms with Gasteiger partial charge in [-0.3, -0.25) is 19.4 Å². The normalized spacial score (nSPS) is 19.0. The third-order valence-corrected chi connectivity index (χ3v) is 8.18. The number of anilines is 2. The molecule has 0 aromatic heterocycles. The zero-order chi connectivity index (χ0) is 27.2. The van der Waals surface area contributed by atoms with Gasteiger partial charge in [-0.05, 0) is 43.4 Å². The molecule has 3 aliphatic rings. The van der Waals surface area contributed by atoms with Crippen LogP contribution in [0.3, 0.4) is 0 Å². The SMILES string of the molecule is O=C(CN1C(=O)N(CC(=O)C2CCCC2)c2ccccc2N(C2CCCCCC2)C1=O)OCc1ccccc1. The largest absolute Gasteiger partial charge is 0.459 e. The quantitative estimate of drug-likeness (QED) is 0.304. The van der Waals surface area contributed by atoms with Gasteiger partial charge in [-0.2, -0.15) is 0 Å². The van der Waals surface area contributed by atoms with Gasteiger partial charge >= 0.3 is 18.0 Å². The third-order valence-electron chi connectivity index (χ3n) is 8.18. The minimum atomic E-state index is -0.672. The minimum Gasteiger partial charge on any atom is -0.459 e. The fourth-order valence-electron chi connectivity index (χ4n) is 6.06. The highest BCUT2D eigenvalue weighted by Gasteiger charge is 2.42. The van der Waals surface area contributed by atoms with Crippen molar-refractivity contribution in [1.29, 1.82) is 0 Å². The third kappa shape index (κ3) is 6.15. The van der Waals surface area contributed by atoms with Crippen LogP contribution in [0.2, 0.25) is 0 Å². The summed E-state index contributed by atoms with van der Waals surface area (Å²) in [5.74, 6) is -0.752. The van der Waals surface area contributed by atoms with E-state index in [1.807, 2.05) is 48.5 Å². The molecule has 0 saturated heterocycles. The Morgan fingerprint density at radius 2 is 1.31 bits per heavy atom. The van der Waals surface area contributed by atoms with Crippen LogP contribution in [0.4, 0.5) is 21.0 Å². The molecule has 2 aliphatic carbocycles. The second-order valence-corrected chi connectivity index (χ2v) is 10.8. The number of carbonyl (C=O) groups excluding carboxylic acids is 4. The standard InChI is InChI=1S/C31H37N3O5/c35-28(24-14-8-9-15-24)20-32-26-18-10-11-19-27(26)34(25-16-6-1-2-7-17-25)31(38)33(30(32)37)21-29(36)39-22-23-12-4-3-5-13-23/h3-5,10-13,18-19,24-25H,1-2,6-9,14-17,20-22H2. The number of carbonyl (C=O) groups is 4.